The van der Waals surface area contributed by atoms with Crippen molar-refractivity contribution in [1.29, 1.82) is 0 Å². The van der Waals surface area contributed by atoms with Gasteiger partial charge < -0.3 is 9.80 Å². The Labute approximate surface area is 97.7 Å². The summed E-state index contributed by atoms with van der Waals surface area (Å²) < 4.78 is 0. The standard InChI is InChI=1S/C13H20N2O/c1-14(2)8-9-15(3)10-12-6-4-5-7-13(12)11-16/h4-7,11H,8-10H2,1-3H3. The number of nitrogens with zero attached hydrogens (tertiary/aromatic N) is 2. The van der Waals surface area contributed by atoms with Gasteiger partial charge in [0.1, 0.15) is 6.29 Å². The zero-order valence-electron chi connectivity index (χ0n) is 10.3. The Kier molecular flexibility index (Phi) is 5.15. The molecule has 0 unspecified atom stereocenters. The average molecular weight is 220 g/mol. The highest BCUT2D eigenvalue weighted by atomic mass is 16.1. The number of hydrogen-bond donors (Lipinski definition) is 0. The molecule has 0 aliphatic rings. The molecule has 0 amide bonds. The van der Waals surface area contributed by atoms with Gasteiger partial charge in [-0.1, -0.05) is 24.3 Å². The maximum atomic E-state index is 10.8. The van der Waals surface area contributed by atoms with Crippen molar-refractivity contribution in [2.45, 2.75) is 6.54 Å². The van der Waals surface area contributed by atoms with Gasteiger partial charge in [0.2, 0.25) is 0 Å². The van der Waals surface area contributed by atoms with E-state index in [0.29, 0.717) is 0 Å². The summed E-state index contributed by atoms with van der Waals surface area (Å²) in [6.07, 6.45) is 0.926. The SMILES string of the molecule is CN(C)CCN(C)Cc1ccccc1C=O. The van der Waals surface area contributed by atoms with Crippen molar-refractivity contribution < 1.29 is 4.79 Å². The Hall–Kier alpha value is -1.19. The molecule has 16 heavy (non-hydrogen) atoms. The molecular formula is C13H20N2O. The number of likely N-dealkylation sites (N-methyl/N-ethyl adjacent to an activating group) is 2. The highest BCUT2D eigenvalue weighted by Gasteiger charge is 2.04. The van der Waals surface area contributed by atoms with E-state index in [1.807, 2.05) is 24.3 Å². The number of aldehydes is 1. The van der Waals surface area contributed by atoms with E-state index in [-0.39, 0.29) is 0 Å². The lowest BCUT2D eigenvalue weighted by Gasteiger charge is -2.19. The third-order valence-corrected chi connectivity index (χ3v) is 2.55. The van der Waals surface area contributed by atoms with Crippen molar-refractivity contribution in [3.63, 3.8) is 0 Å². The molecule has 0 radical (unpaired) electrons. The summed E-state index contributed by atoms with van der Waals surface area (Å²) in [5, 5.41) is 0. The molecule has 1 aromatic rings. The van der Waals surface area contributed by atoms with E-state index in [2.05, 4.69) is 30.9 Å². The van der Waals surface area contributed by atoms with Gasteiger partial charge in [-0.3, -0.25) is 4.79 Å². The minimum Gasteiger partial charge on any atom is -0.308 e. The number of carbonyl (C=O) groups is 1. The molecular weight excluding hydrogens is 200 g/mol. The second kappa shape index (κ2) is 6.40. The summed E-state index contributed by atoms with van der Waals surface area (Å²) in [4.78, 5) is 15.2. The van der Waals surface area contributed by atoms with Crippen molar-refractivity contribution >= 4 is 6.29 Å². The van der Waals surface area contributed by atoms with E-state index >= 15 is 0 Å². The lowest BCUT2D eigenvalue weighted by Crippen LogP contribution is -2.28. The molecule has 0 aliphatic heterocycles. The van der Waals surface area contributed by atoms with E-state index in [4.69, 9.17) is 0 Å². The predicted octanol–water partition coefficient (Wildman–Crippen LogP) is 1.49. The van der Waals surface area contributed by atoms with E-state index < -0.39 is 0 Å². The van der Waals surface area contributed by atoms with Crippen LogP contribution in [0.3, 0.4) is 0 Å². The van der Waals surface area contributed by atoms with Crippen molar-refractivity contribution in [1.82, 2.24) is 9.80 Å². The maximum absolute atomic E-state index is 10.8. The molecule has 3 heteroatoms. The number of carbonyl (C=O) groups excluding carboxylic acids is 1. The normalized spacial score (nSPS) is 11.1. The number of benzene rings is 1. The van der Waals surface area contributed by atoms with Crippen LogP contribution in [0.15, 0.2) is 24.3 Å². The topological polar surface area (TPSA) is 23.6 Å². The first-order valence-electron chi connectivity index (χ1n) is 5.50. The maximum Gasteiger partial charge on any atom is 0.150 e. The monoisotopic (exact) mass is 220 g/mol. The van der Waals surface area contributed by atoms with E-state index in [9.17, 15) is 4.79 Å². The Morgan fingerprint density at radius 3 is 2.44 bits per heavy atom. The molecule has 88 valence electrons. The largest absolute Gasteiger partial charge is 0.308 e. The van der Waals surface area contributed by atoms with Gasteiger partial charge in [0.05, 0.1) is 0 Å². The fourth-order valence-corrected chi connectivity index (χ4v) is 1.53. The Balaban J connectivity index is 2.55. The van der Waals surface area contributed by atoms with Gasteiger partial charge >= 0.3 is 0 Å². The second-order valence-electron chi connectivity index (χ2n) is 4.36. The molecule has 0 aromatic heterocycles. The minimum atomic E-state index is 0.791. The van der Waals surface area contributed by atoms with Crippen LogP contribution >= 0.6 is 0 Å². The summed E-state index contributed by atoms with van der Waals surface area (Å²) in [5.74, 6) is 0. The fourth-order valence-electron chi connectivity index (χ4n) is 1.53. The van der Waals surface area contributed by atoms with E-state index in [1.165, 1.54) is 0 Å². The zero-order valence-corrected chi connectivity index (χ0v) is 10.3. The smallest absolute Gasteiger partial charge is 0.150 e. The van der Waals surface area contributed by atoms with Crippen LogP contribution in [0, 0.1) is 0 Å². The van der Waals surface area contributed by atoms with Gasteiger partial charge in [0.25, 0.3) is 0 Å². The van der Waals surface area contributed by atoms with Crippen LogP contribution in [0.4, 0.5) is 0 Å². The summed E-state index contributed by atoms with van der Waals surface area (Å²) in [6, 6.07) is 7.74. The fraction of sp³-hybridized carbons (Fsp3) is 0.462. The second-order valence-corrected chi connectivity index (χ2v) is 4.36. The van der Waals surface area contributed by atoms with Crippen molar-refractivity contribution in [3.8, 4) is 0 Å². The Morgan fingerprint density at radius 2 is 1.81 bits per heavy atom. The summed E-state index contributed by atoms with van der Waals surface area (Å²) in [5.41, 5.74) is 1.89. The molecule has 1 rings (SSSR count). The lowest BCUT2D eigenvalue weighted by molar-refractivity contribution is 0.112. The quantitative estimate of drug-likeness (QED) is 0.679. The van der Waals surface area contributed by atoms with Crippen molar-refractivity contribution in [2.75, 3.05) is 34.2 Å². The van der Waals surface area contributed by atoms with Crippen LogP contribution in [0.25, 0.3) is 0 Å². The van der Waals surface area contributed by atoms with Crippen LogP contribution in [-0.4, -0.2) is 50.3 Å². The summed E-state index contributed by atoms with van der Waals surface area (Å²) in [6.45, 7) is 2.85. The van der Waals surface area contributed by atoms with Crippen molar-refractivity contribution in [2.24, 2.45) is 0 Å². The molecule has 0 aliphatic carbocycles. The Bertz CT molecular complexity index is 336. The first kappa shape index (κ1) is 12.9. The average Bonchev–Trinajstić information content (AvgIpc) is 2.27. The van der Waals surface area contributed by atoms with Gasteiger partial charge in [-0.25, -0.2) is 0 Å². The van der Waals surface area contributed by atoms with Gasteiger partial charge in [-0.05, 0) is 26.7 Å². The number of hydrogen-bond acceptors (Lipinski definition) is 3. The molecule has 0 spiro atoms. The molecule has 0 saturated heterocycles. The summed E-state index contributed by atoms with van der Waals surface area (Å²) in [7, 11) is 6.20. The van der Waals surface area contributed by atoms with E-state index in [1.54, 1.807) is 0 Å². The highest BCUT2D eigenvalue weighted by Crippen LogP contribution is 2.08. The van der Waals surface area contributed by atoms with Gasteiger partial charge in [-0.2, -0.15) is 0 Å². The lowest BCUT2D eigenvalue weighted by atomic mass is 10.1. The molecule has 1 aromatic carbocycles. The van der Waals surface area contributed by atoms with Gasteiger partial charge in [0, 0.05) is 25.2 Å². The molecule has 0 N–H and O–H groups in total. The minimum absolute atomic E-state index is 0.791. The van der Waals surface area contributed by atoms with Crippen LogP contribution in [0.1, 0.15) is 15.9 Å². The summed E-state index contributed by atoms with van der Waals surface area (Å²) >= 11 is 0. The Morgan fingerprint density at radius 1 is 1.12 bits per heavy atom. The molecule has 0 atom stereocenters. The number of rotatable bonds is 6. The molecule has 0 heterocycles. The molecule has 0 fully saturated rings. The van der Waals surface area contributed by atoms with Crippen molar-refractivity contribution in [3.05, 3.63) is 35.4 Å². The highest BCUT2D eigenvalue weighted by molar-refractivity contribution is 5.77. The van der Waals surface area contributed by atoms with Crippen LogP contribution in [0.5, 0.6) is 0 Å². The van der Waals surface area contributed by atoms with Crippen LogP contribution in [0.2, 0.25) is 0 Å². The van der Waals surface area contributed by atoms with Gasteiger partial charge in [0.15, 0.2) is 0 Å². The van der Waals surface area contributed by atoms with Crippen LogP contribution < -0.4 is 0 Å². The third-order valence-electron chi connectivity index (χ3n) is 2.55. The van der Waals surface area contributed by atoms with E-state index in [0.717, 1.165) is 37.0 Å². The van der Waals surface area contributed by atoms with Gasteiger partial charge in [-0.15, -0.1) is 0 Å². The molecule has 0 bridgehead atoms. The first-order valence-corrected chi connectivity index (χ1v) is 5.50. The molecule has 0 saturated carbocycles. The zero-order chi connectivity index (χ0) is 12.0. The third kappa shape index (κ3) is 4.13. The van der Waals surface area contributed by atoms with Crippen LogP contribution in [-0.2, 0) is 6.54 Å². The molecule has 3 nitrogen and oxygen atoms in total. The predicted molar refractivity (Wildman–Crippen MR) is 66.7 cm³/mol. The first-order chi connectivity index (χ1) is 7.63.